The minimum absolute atomic E-state index is 0.122. The van der Waals surface area contributed by atoms with E-state index in [1.54, 1.807) is 17.0 Å². The van der Waals surface area contributed by atoms with Gasteiger partial charge in [-0.3, -0.25) is 4.79 Å². The predicted octanol–water partition coefficient (Wildman–Crippen LogP) is 1.81. The summed E-state index contributed by atoms with van der Waals surface area (Å²) in [4.78, 5) is 14.6. The Bertz CT molecular complexity index is 930. The fraction of sp³-hybridized carbons (Fsp3) is 0.450. The number of piperazine rings is 1. The zero-order valence-electron chi connectivity index (χ0n) is 15.3. The number of nitrogens with one attached hydrogen (secondary N) is 1. The molecule has 2 heterocycles. The third-order valence-corrected chi connectivity index (χ3v) is 7.43. The number of carbonyl (C=O) groups excluding carboxylic acids is 1. The monoisotopic (exact) mass is 387 g/mol. The number of hydrogen-bond donors (Lipinski definition) is 1. The van der Waals surface area contributed by atoms with Crippen LogP contribution in [0.15, 0.2) is 47.4 Å². The highest BCUT2D eigenvalue weighted by Gasteiger charge is 2.31. The number of benzene rings is 2. The second-order valence-corrected chi connectivity index (χ2v) is 9.23. The summed E-state index contributed by atoms with van der Waals surface area (Å²) in [6.07, 6.45) is 2.68. The van der Waals surface area contributed by atoms with Gasteiger partial charge in [0.2, 0.25) is 15.9 Å². The summed E-state index contributed by atoms with van der Waals surface area (Å²) in [7, 11) is -3.54. The number of hydrogen-bond acceptors (Lipinski definition) is 4. The smallest absolute Gasteiger partial charge is 0.243 e. The molecule has 2 aliphatic heterocycles. The molecule has 27 heavy (non-hydrogen) atoms. The van der Waals surface area contributed by atoms with Gasteiger partial charge in [0.25, 0.3) is 0 Å². The van der Waals surface area contributed by atoms with Gasteiger partial charge in [0.15, 0.2) is 0 Å². The van der Waals surface area contributed by atoms with Gasteiger partial charge in [-0.2, -0.15) is 4.31 Å². The highest BCUT2D eigenvalue weighted by Crippen LogP contribution is 2.23. The van der Waals surface area contributed by atoms with Crippen LogP contribution in [0.2, 0.25) is 0 Å². The summed E-state index contributed by atoms with van der Waals surface area (Å²) >= 11 is 0. The first-order valence-corrected chi connectivity index (χ1v) is 11.0. The van der Waals surface area contributed by atoms with E-state index in [-0.39, 0.29) is 11.9 Å². The van der Waals surface area contributed by atoms with Gasteiger partial charge in [-0.25, -0.2) is 8.42 Å². The number of rotatable bonds is 4. The maximum absolute atomic E-state index is 13.0. The molecule has 2 fully saturated rings. The van der Waals surface area contributed by atoms with Crippen LogP contribution < -0.4 is 5.32 Å². The van der Waals surface area contributed by atoms with Crippen molar-refractivity contribution in [2.24, 2.45) is 0 Å². The largest absolute Gasteiger partial charge is 0.340 e. The van der Waals surface area contributed by atoms with Crippen molar-refractivity contribution in [2.45, 2.75) is 30.2 Å². The van der Waals surface area contributed by atoms with Gasteiger partial charge in [0, 0.05) is 38.6 Å². The quantitative estimate of drug-likeness (QED) is 0.869. The number of nitrogens with zero attached hydrogens (tertiary/aromatic N) is 2. The fourth-order valence-electron chi connectivity index (χ4n) is 3.93. The Morgan fingerprint density at radius 3 is 2.48 bits per heavy atom. The number of fused-ring (bicyclic) bond motifs is 1. The Hall–Kier alpha value is -1.96. The first-order valence-electron chi connectivity index (χ1n) is 9.54. The van der Waals surface area contributed by atoms with Crippen molar-refractivity contribution in [3.05, 3.63) is 42.5 Å². The second kappa shape index (κ2) is 7.58. The molecule has 1 atom stereocenters. The predicted molar refractivity (Wildman–Crippen MR) is 105 cm³/mol. The molecule has 7 heteroatoms. The molecule has 0 radical (unpaired) electrons. The lowest BCUT2D eigenvalue weighted by molar-refractivity contribution is -0.132. The molecule has 0 aliphatic carbocycles. The average molecular weight is 388 g/mol. The summed E-state index contributed by atoms with van der Waals surface area (Å²) in [6, 6.07) is 13.2. The Morgan fingerprint density at radius 1 is 1.04 bits per heavy atom. The Labute approximate surface area is 160 Å². The minimum Gasteiger partial charge on any atom is -0.340 e. The Kier molecular flexibility index (Phi) is 5.16. The molecule has 1 unspecified atom stereocenters. The normalized spacial score (nSPS) is 21.6. The van der Waals surface area contributed by atoms with E-state index in [2.05, 4.69) is 5.32 Å². The molecule has 0 bridgehead atoms. The summed E-state index contributed by atoms with van der Waals surface area (Å²) in [5.74, 6) is 0.122. The third-order valence-electron chi connectivity index (χ3n) is 5.53. The minimum atomic E-state index is -3.54. The molecule has 144 valence electrons. The maximum Gasteiger partial charge on any atom is 0.243 e. The molecule has 2 aromatic rings. The van der Waals surface area contributed by atoms with Crippen molar-refractivity contribution in [3.63, 3.8) is 0 Å². The standard InChI is InChI=1S/C20H25N3O3S/c24-20(15-18-6-3-9-21-18)22-10-12-23(13-11-22)27(25,26)19-8-7-16-4-1-2-5-17(16)14-19/h1-2,4-5,7-8,14,18,21H,3,6,9-13,15H2. The lowest BCUT2D eigenvalue weighted by atomic mass is 10.1. The fourth-order valence-corrected chi connectivity index (χ4v) is 5.38. The van der Waals surface area contributed by atoms with Gasteiger partial charge in [-0.1, -0.05) is 30.3 Å². The molecule has 1 N–H and O–H groups in total. The number of carbonyl (C=O) groups is 1. The van der Waals surface area contributed by atoms with Crippen LogP contribution in [0.5, 0.6) is 0 Å². The molecule has 0 spiro atoms. The molecule has 6 nitrogen and oxygen atoms in total. The van der Waals surface area contributed by atoms with Crippen LogP contribution in [-0.2, 0) is 14.8 Å². The molecule has 4 rings (SSSR count). The van der Waals surface area contributed by atoms with E-state index >= 15 is 0 Å². The zero-order chi connectivity index (χ0) is 18.9. The van der Waals surface area contributed by atoms with Crippen LogP contribution in [0.25, 0.3) is 10.8 Å². The van der Waals surface area contributed by atoms with E-state index in [0.29, 0.717) is 37.5 Å². The molecule has 1 amide bonds. The molecule has 2 aromatic carbocycles. The third kappa shape index (κ3) is 3.85. The van der Waals surface area contributed by atoms with Crippen LogP contribution in [0.3, 0.4) is 0 Å². The second-order valence-electron chi connectivity index (χ2n) is 7.29. The van der Waals surface area contributed by atoms with E-state index < -0.39 is 10.0 Å². The summed E-state index contributed by atoms with van der Waals surface area (Å²) < 4.78 is 27.5. The molecule has 2 saturated heterocycles. The first kappa shape index (κ1) is 18.4. The molecular formula is C20H25N3O3S. The van der Waals surface area contributed by atoms with E-state index in [1.807, 2.05) is 30.3 Å². The molecule has 2 aliphatic rings. The number of sulfonamides is 1. The zero-order valence-corrected chi connectivity index (χ0v) is 16.1. The van der Waals surface area contributed by atoms with Gasteiger partial charge < -0.3 is 10.2 Å². The maximum atomic E-state index is 13.0. The summed E-state index contributed by atoms with van der Waals surface area (Å²) in [6.45, 7) is 2.59. The van der Waals surface area contributed by atoms with Crippen LogP contribution in [0, 0.1) is 0 Å². The van der Waals surface area contributed by atoms with Crippen LogP contribution in [0.1, 0.15) is 19.3 Å². The SMILES string of the molecule is O=C(CC1CCCN1)N1CCN(S(=O)(=O)c2ccc3ccccc3c2)CC1. The van der Waals surface area contributed by atoms with Crippen LogP contribution in [-0.4, -0.2) is 62.3 Å². The van der Waals surface area contributed by atoms with Crippen molar-refractivity contribution in [3.8, 4) is 0 Å². The van der Waals surface area contributed by atoms with Crippen molar-refractivity contribution in [1.29, 1.82) is 0 Å². The van der Waals surface area contributed by atoms with Crippen LogP contribution >= 0.6 is 0 Å². The Morgan fingerprint density at radius 2 is 1.78 bits per heavy atom. The van der Waals surface area contributed by atoms with Gasteiger partial charge in [-0.05, 0) is 42.3 Å². The molecule has 0 aromatic heterocycles. The van der Waals surface area contributed by atoms with Crippen molar-refractivity contribution < 1.29 is 13.2 Å². The van der Waals surface area contributed by atoms with E-state index in [0.717, 1.165) is 30.2 Å². The van der Waals surface area contributed by atoms with E-state index in [4.69, 9.17) is 0 Å². The highest BCUT2D eigenvalue weighted by atomic mass is 32.2. The Balaban J connectivity index is 1.42. The van der Waals surface area contributed by atoms with E-state index in [1.165, 1.54) is 4.31 Å². The van der Waals surface area contributed by atoms with Crippen LogP contribution in [0.4, 0.5) is 0 Å². The molecule has 0 saturated carbocycles. The lowest BCUT2D eigenvalue weighted by Gasteiger charge is -2.34. The highest BCUT2D eigenvalue weighted by molar-refractivity contribution is 7.89. The average Bonchev–Trinajstić information content (AvgIpc) is 3.20. The van der Waals surface area contributed by atoms with Gasteiger partial charge >= 0.3 is 0 Å². The van der Waals surface area contributed by atoms with Gasteiger partial charge in [0.1, 0.15) is 0 Å². The van der Waals surface area contributed by atoms with Crippen molar-refractivity contribution in [2.75, 3.05) is 32.7 Å². The van der Waals surface area contributed by atoms with Gasteiger partial charge in [-0.15, -0.1) is 0 Å². The van der Waals surface area contributed by atoms with E-state index in [9.17, 15) is 13.2 Å². The summed E-state index contributed by atoms with van der Waals surface area (Å²) in [5.41, 5.74) is 0. The van der Waals surface area contributed by atoms with Crippen molar-refractivity contribution >= 4 is 26.7 Å². The van der Waals surface area contributed by atoms with Crippen molar-refractivity contribution in [1.82, 2.24) is 14.5 Å². The number of amides is 1. The van der Waals surface area contributed by atoms with Gasteiger partial charge in [0.05, 0.1) is 4.90 Å². The lowest BCUT2D eigenvalue weighted by Crippen LogP contribution is -2.51. The summed E-state index contributed by atoms with van der Waals surface area (Å²) in [5, 5.41) is 5.28. The molecular weight excluding hydrogens is 362 g/mol. The first-order chi connectivity index (χ1) is 13.0. The topological polar surface area (TPSA) is 69.7 Å².